The Kier molecular flexibility index (Phi) is 8.66. The van der Waals surface area contributed by atoms with Crippen molar-refractivity contribution in [3.63, 3.8) is 0 Å². The average molecular weight is 361 g/mol. The lowest BCUT2D eigenvalue weighted by atomic mass is 10.1. The van der Waals surface area contributed by atoms with Crippen LogP contribution in [0.5, 0.6) is 0 Å². The molecular weight excluding hydrogens is 335 g/mol. The van der Waals surface area contributed by atoms with Crippen molar-refractivity contribution >= 4 is 36.5 Å². The molecule has 1 atom stereocenters. The Labute approximate surface area is 150 Å². The summed E-state index contributed by atoms with van der Waals surface area (Å²) in [5.41, 5.74) is 0. The highest BCUT2D eigenvalue weighted by Crippen LogP contribution is 2.15. The summed E-state index contributed by atoms with van der Waals surface area (Å²) < 4.78 is 0. The minimum absolute atomic E-state index is 0. The smallest absolute Gasteiger partial charge is 0.222 e. The van der Waals surface area contributed by atoms with Crippen LogP contribution in [0.2, 0.25) is 0 Å². The van der Waals surface area contributed by atoms with E-state index in [9.17, 15) is 4.79 Å². The van der Waals surface area contributed by atoms with Gasteiger partial charge in [0, 0.05) is 44.8 Å². The Morgan fingerprint density at radius 3 is 2.61 bits per heavy atom. The van der Waals surface area contributed by atoms with Crippen molar-refractivity contribution in [2.45, 2.75) is 31.7 Å². The Balaban J connectivity index is 0.00000132. The van der Waals surface area contributed by atoms with Crippen LogP contribution in [0.15, 0.2) is 24.4 Å². The van der Waals surface area contributed by atoms with Crippen LogP contribution in [0.4, 0.5) is 5.82 Å². The highest BCUT2D eigenvalue weighted by atomic mass is 35.5. The predicted molar refractivity (Wildman–Crippen MR) is 97.8 cm³/mol. The fraction of sp³-hybridized carbons (Fsp3) is 0.625. The van der Waals surface area contributed by atoms with Gasteiger partial charge in [-0.2, -0.15) is 0 Å². The maximum atomic E-state index is 12.3. The lowest BCUT2D eigenvalue weighted by molar-refractivity contribution is -0.131. The number of halogens is 2. The third-order valence-electron chi connectivity index (χ3n) is 4.47. The van der Waals surface area contributed by atoms with Crippen molar-refractivity contribution in [2.75, 3.05) is 37.6 Å². The minimum atomic E-state index is 0. The third kappa shape index (κ3) is 5.52. The Bertz CT molecular complexity index is 460. The number of nitrogens with zero attached hydrogens (tertiary/aromatic N) is 3. The first-order valence-electron chi connectivity index (χ1n) is 8.00. The van der Waals surface area contributed by atoms with E-state index in [1.165, 1.54) is 12.8 Å². The summed E-state index contributed by atoms with van der Waals surface area (Å²) in [7, 11) is 0. The van der Waals surface area contributed by atoms with E-state index in [1.807, 2.05) is 29.3 Å². The lowest BCUT2D eigenvalue weighted by Gasteiger charge is -2.35. The first-order valence-corrected chi connectivity index (χ1v) is 8.00. The molecule has 0 bridgehead atoms. The van der Waals surface area contributed by atoms with Crippen molar-refractivity contribution in [3.8, 4) is 0 Å². The van der Waals surface area contributed by atoms with E-state index in [0.29, 0.717) is 18.4 Å². The van der Waals surface area contributed by atoms with E-state index in [1.54, 1.807) is 0 Å². The maximum absolute atomic E-state index is 12.3. The molecule has 0 aromatic carbocycles. The van der Waals surface area contributed by atoms with Gasteiger partial charge < -0.3 is 15.1 Å². The summed E-state index contributed by atoms with van der Waals surface area (Å²) in [6.45, 7) is 4.50. The zero-order valence-corrected chi connectivity index (χ0v) is 15.0. The molecule has 7 heteroatoms. The van der Waals surface area contributed by atoms with Gasteiger partial charge in [0.1, 0.15) is 5.82 Å². The van der Waals surface area contributed by atoms with Gasteiger partial charge in [-0.05, 0) is 37.9 Å². The molecule has 1 aromatic rings. The van der Waals surface area contributed by atoms with E-state index in [2.05, 4.69) is 15.2 Å². The van der Waals surface area contributed by atoms with Gasteiger partial charge in [0.25, 0.3) is 0 Å². The SMILES string of the molecule is Cl.Cl.O=C(CCC1CCCN1)N1CCN(c2ccccn2)CC1. The van der Waals surface area contributed by atoms with Crippen molar-refractivity contribution in [1.29, 1.82) is 0 Å². The fourth-order valence-corrected chi connectivity index (χ4v) is 3.18. The fourth-order valence-electron chi connectivity index (χ4n) is 3.18. The van der Waals surface area contributed by atoms with Gasteiger partial charge in [-0.1, -0.05) is 6.07 Å². The number of carbonyl (C=O) groups excluding carboxylic acids is 1. The zero-order valence-electron chi connectivity index (χ0n) is 13.3. The number of amides is 1. The van der Waals surface area contributed by atoms with E-state index >= 15 is 0 Å². The summed E-state index contributed by atoms with van der Waals surface area (Å²) >= 11 is 0. The molecule has 3 heterocycles. The molecule has 23 heavy (non-hydrogen) atoms. The van der Waals surface area contributed by atoms with E-state index in [4.69, 9.17) is 0 Å². The monoisotopic (exact) mass is 360 g/mol. The van der Waals surface area contributed by atoms with Crippen molar-refractivity contribution < 1.29 is 4.79 Å². The molecule has 1 amide bonds. The standard InChI is InChI=1S/C16H24N4O.2ClH/c21-16(7-6-14-4-3-9-17-14)20-12-10-19(11-13-20)15-5-1-2-8-18-15;;/h1-2,5,8,14,17H,3-4,6-7,9-13H2;2*1H. The summed E-state index contributed by atoms with van der Waals surface area (Å²) in [6, 6.07) is 6.53. The second-order valence-electron chi connectivity index (χ2n) is 5.89. The summed E-state index contributed by atoms with van der Waals surface area (Å²) in [6.07, 6.45) is 5.96. The van der Waals surface area contributed by atoms with Crippen LogP contribution in [0, 0.1) is 0 Å². The molecule has 2 aliphatic heterocycles. The summed E-state index contributed by atoms with van der Waals surface area (Å²) in [5, 5.41) is 3.46. The quantitative estimate of drug-likeness (QED) is 0.893. The Morgan fingerprint density at radius 2 is 2.00 bits per heavy atom. The molecule has 5 nitrogen and oxygen atoms in total. The van der Waals surface area contributed by atoms with Gasteiger partial charge in [0.05, 0.1) is 0 Å². The van der Waals surface area contributed by atoms with Crippen LogP contribution < -0.4 is 10.2 Å². The number of pyridine rings is 1. The van der Waals surface area contributed by atoms with Crippen LogP contribution >= 0.6 is 24.8 Å². The van der Waals surface area contributed by atoms with Gasteiger partial charge in [-0.3, -0.25) is 4.79 Å². The highest BCUT2D eigenvalue weighted by molar-refractivity contribution is 5.85. The van der Waals surface area contributed by atoms with Crippen LogP contribution in [-0.4, -0.2) is 54.6 Å². The molecule has 0 spiro atoms. The van der Waals surface area contributed by atoms with E-state index in [-0.39, 0.29) is 24.8 Å². The first-order chi connectivity index (χ1) is 10.3. The molecule has 0 aliphatic carbocycles. The number of carbonyl (C=O) groups is 1. The molecule has 0 radical (unpaired) electrons. The molecule has 130 valence electrons. The first kappa shape index (κ1) is 20.0. The molecule has 2 saturated heterocycles. The van der Waals surface area contributed by atoms with Gasteiger partial charge in [0.2, 0.25) is 5.91 Å². The van der Waals surface area contributed by atoms with Crippen LogP contribution in [0.3, 0.4) is 0 Å². The van der Waals surface area contributed by atoms with Crippen LogP contribution in [-0.2, 0) is 4.79 Å². The molecule has 2 aliphatic rings. The number of nitrogens with one attached hydrogen (secondary N) is 1. The van der Waals surface area contributed by atoms with Crippen molar-refractivity contribution in [2.24, 2.45) is 0 Å². The molecule has 2 fully saturated rings. The number of aromatic nitrogens is 1. The highest BCUT2D eigenvalue weighted by Gasteiger charge is 2.23. The van der Waals surface area contributed by atoms with E-state index < -0.39 is 0 Å². The number of anilines is 1. The molecule has 3 rings (SSSR count). The van der Waals surface area contributed by atoms with Gasteiger partial charge in [-0.25, -0.2) is 4.98 Å². The maximum Gasteiger partial charge on any atom is 0.222 e. The number of hydrogen-bond donors (Lipinski definition) is 1. The number of rotatable bonds is 4. The van der Waals surface area contributed by atoms with Crippen molar-refractivity contribution in [3.05, 3.63) is 24.4 Å². The second kappa shape index (κ2) is 9.96. The average Bonchev–Trinajstić information content (AvgIpc) is 3.07. The molecular formula is C16H26Cl2N4O. The summed E-state index contributed by atoms with van der Waals surface area (Å²) in [5.74, 6) is 1.32. The largest absolute Gasteiger partial charge is 0.353 e. The normalized spacial score (nSPS) is 20.6. The van der Waals surface area contributed by atoms with Gasteiger partial charge in [0.15, 0.2) is 0 Å². The molecule has 1 aromatic heterocycles. The second-order valence-corrected chi connectivity index (χ2v) is 5.89. The zero-order chi connectivity index (χ0) is 14.5. The molecule has 1 unspecified atom stereocenters. The Hall–Kier alpha value is -1.04. The predicted octanol–water partition coefficient (Wildman–Crippen LogP) is 2.11. The molecule has 1 N–H and O–H groups in total. The topological polar surface area (TPSA) is 48.5 Å². The third-order valence-corrected chi connectivity index (χ3v) is 4.47. The van der Waals surface area contributed by atoms with Crippen LogP contribution in [0.25, 0.3) is 0 Å². The minimum Gasteiger partial charge on any atom is -0.353 e. The van der Waals surface area contributed by atoms with Crippen molar-refractivity contribution in [1.82, 2.24) is 15.2 Å². The van der Waals surface area contributed by atoms with Crippen LogP contribution in [0.1, 0.15) is 25.7 Å². The van der Waals surface area contributed by atoms with Gasteiger partial charge in [-0.15, -0.1) is 24.8 Å². The summed E-state index contributed by atoms with van der Waals surface area (Å²) in [4.78, 5) is 20.9. The molecule has 0 saturated carbocycles. The Morgan fingerprint density at radius 1 is 1.22 bits per heavy atom. The lowest BCUT2D eigenvalue weighted by Crippen LogP contribution is -2.49. The number of piperazine rings is 1. The number of hydrogen-bond acceptors (Lipinski definition) is 4. The van der Waals surface area contributed by atoms with E-state index in [0.717, 1.165) is 45.0 Å². The van der Waals surface area contributed by atoms with Gasteiger partial charge >= 0.3 is 0 Å².